The fourth-order valence-corrected chi connectivity index (χ4v) is 7.61. The minimum atomic E-state index is -1.73. The molecule has 29 heavy (non-hydrogen) atoms. The Morgan fingerprint density at radius 3 is 2.21 bits per heavy atom. The lowest BCUT2D eigenvalue weighted by Crippen LogP contribution is -2.58. The average Bonchev–Trinajstić information content (AvgIpc) is 3.00. The molecule has 5 heteroatoms. The molecule has 4 aliphatic rings. The van der Waals surface area contributed by atoms with E-state index in [4.69, 9.17) is 15.9 Å². The van der Waals surface area contributed by atoms with E-state index >= 15 is 0 Å². The summed E-state index contributed by atoms with van der Waals surface area (Å²) in [5.41, 5.74) is 0.237. The van der Waals surface area contributed by atoms with Crippen LogP contribution in [0.3, 0.4) is 0 Å². The van der Waals surface area contributed by atoms with Crippen molar-refractivity contribution in [3.8, 4) is 12.3 Å². The maximum atomic E-state index is 13.4. The number of carbonyl (C=O) groups excluding carboxylic acids is 3. The Bertz CT molecular complexity index is 748. The van der Waals surface area contributed by atoms with E-state index in [1.807, 2.05) is 0 Å². The second kappa shape index (κ2) is 7.15. The van der Waals surface area contributed by atoms with Gasteiger partial charge in [-0.1, -0.05) is 6.92 Å². The molecule has 4 aliphatic carbocycles. The van der Waals surface area contributed by atoms with E-state index in [-0.39, 0.29) is 29.5 Å². The van der Waals surface area contributed by atoms with Gasteiger partial charge in [-0.25, -0.2) is 0 Å². The van der Waals surface area contributed by atoms with Gasteiger partial charge in [-0.3, -0.25) is 14.4 Å². The summed E-state index contributed by atoms with van der Waals surface area (Å²) >= 11 is 0. The van der Waals surface area contributed by atoms with Gasteiger partial charge in [0.2, 0.25) is 5.78 Å². The summed E-state index contributed by atoms with van der Waals surface area (Å²) in [5, 5.41) is 0. The Balaban J connectivity index is 1.57. The lowest BCUT2D eigenvalue weighted by molar-refractivity contribution is -0.238. The maximum Gasteiger partial charge on any atom is 0.316 e. The molecule has 0 aromatic heterocycles. The molecule has 1 unspecified atom stereocenters. The zero-order chi connectivity index (χ0) is 21.0. The van der Waals surface area contributed by atoms with Gasteiger partial charge in [0.25, 0.3) is 0 Å². The van der Waals surface area contributed by atoms with E-state index in [9.17, 15) is 14.4 Å². The van der Waals surface area contributed by atoms with Crippen molar-refractivity contribution in [3.63, 3.8) is 0 Å². The first-order chi connectivity index (χ1) is 13.7. The maximum absolute atomic E-state index is 13.4. The van der Waals surface area contributed by atoms with Crippen LogP contribution in [-0.4, -0.2) is 23.5 Å². The van der Waals surface area contributed by atoms with Crippen molar-refractivity contribution in [3.05, 3.63) is 0 Å². The fraction of sp³-hybridized carbons (Fsp3) is 0.792. The second-order valence-electron chi connectivity index (χ2n) is 9.97. The second-order valence-corrected chi connectivity index (χ2v) is 9.97. The third-order valence-electron chi connectivity index (χ3n) is 8.71. The summed E-state index contributed by atoms with van der Waals surface area (Å²) in [6, 6.07) is 0. The van der Waals surface area contributed by atoms with Crippen LogP contribution in [0.1, 0.15) is 72.1 Å². The molecule has 0 bridgehead atoms. The lowest BCUT2D eigenvalue weighted by atomic mass is 9.49. The predicted molar refractivity (Wildman–Crippen MR) is 106 cm³/mol. The Morgan fingerprint density at radius 1 is 0.931 bits per heavy atom. The Hall–Kier alpha value is -1.83. The highest BCUT2D eigenvalue weighted by Gasteiger charge is 2.61. The largest absolute Gasteiger partial charge is 0.415 e. The van der Waals surface area contributed by atoms with Crippen molar-refractivity contribution >= 4 is 17.7 Å². The van der Waals surface area contributed by atoms with Gasteiger partial charge in [-0.2, -0.15) is 0 Å². The fourth-order valence-electron chi connectivity index (χ4n) is 7.61. The number of fused-ring (bicyclic) bond motifs is 5. The first kappa shape index (κ1) is 20.4. The standard InChI is InChI=1S/C24H32O5/c1-5-16-6-9-21-19-7-8-20-18(17(19)10-12-23(16,21)4)11-13-24(22(20)27,28-14(2)25)29-15(3)26/h1,16-21H,6-13H2,2-4H3/t16-,17-,18-,19-,20?,21+,23-/m1/s1. The molecule has 0 heterocycles. The minimum Gasteiger partial charge on any atom is -0.415 e. The zero-order valence-corrected chi connectivity index (χ0v) is 17.7. The van der Waals surface area contributed by atoms with Crippen molar-refractivity contribution in [2.24, 2.45) is 40.9 Å². The Labute approximate surface area is 173 Å². The number of hydrogen-bond donors (Lipinski definition) is 0. The highest BCUT2D eigenvalue weighted by molar-refractivity contribution is 5.92. The molecule has 0 spiro atoms. The Kier molecular flexibility index (Phi) is 5.04. The van der Waals surface area contributed by atoms with E-state index in [0.29, 0.717) is 23.7 Å². The van der Waals surface area contributed by atoms with E-state index < -0.39 is 17.7 Å². The monoisotopic (exact) mass is 400 g/mol. The summed E-state index contributed by atoms with van der Waals surface area (Å²) in [6.07, 6.45) is 13.2. The molecule has 4 fully saturated rings. The predicted octanol–water partition coefficient (Wildman–Crippen LogP) is 3.89. The molecule has 0 amide bonds. The van der Waals surface area contributed by atoms with Crippen LogP contribution in [0.25, 0.3) is 0 Å². The third kappa shape index (κ3) is 3.10. The van der Waals surface area contributed by atoms with E-state index in [1.54, 1.807) is 0 Å². The molecule has 0 saturated heterocycles. The number of ketones is 1. The summed E-state index contributed by atoms with van der Waals surface area (Å²) in [6.45, 7) is 4.90. The quantitative estimate of drug-likeness (QED) is 0.400. The molecular formula is C24H32O5. The van der Waals surface area contributed by atoms with Crippen molar-refractivity contribution in [1.82, 2.24) is 0 Å². The normalized spacial score (nSPS) is 42.6. The van der Waals surface area contributed by atoms with Gasteiger partial charge in [0, 0.05) is 32.1 Å². The summed E-state index contributed by atoms with van der Waals surface area (Å²) in [4.78, 5) is 36.8. The van der Waals surface area contributed by atoms with Crippen LogP contribution in [0, 0.1) is 53.3 Å². The van der Waals surface area contributed by atoms with E-state index in [1.165, 1.54) is 20.3 Å². The number of ether oxygens (including phenoxy) is 2. The van der Waals surface area contributed by atoms with Gasteiger partial charge in [0.05, 0.1) is 0 Å². The molecule has 4 saturated carbocycles. The molecule has 0 aliphatic heterocycles. The van der Waals surface area contributed by atoms with Crippen LogP contribution in [0.4, 0.5) is 0 Å². The first-order valence-electron chi connectivity index (χ1n) is 11.1. The minimum absolute atomic E-state index is 0.196. The van der Waals surface area contributed by atoms with Crippen LogP contribution < -0.4 is 0 Å². The van der Waals surface area contributed by atoms with Crippen LogP contribution >= 0.6 is 0 Å². The Morgan fingerprint density at radius 2 is 1.59 bits per heavy atom. The van der Waals surface area contributed by atoms with Crippen molar-refractivity contribution < 1.29 is 23.9 Å². The van der Waals surface area contributed by atoms with Crippen LogP contribution in [0.2, 0.25) is 0 Å². The molecule has 0 aromatic rings. The number of carbonyl (C=O) groups is 3. The van der Waals surface area contributed by atoms with Crippen LogP contribution in [0.5, 0.6) is 0 Å². The number of hydrogen-bond acceptors (Lipinski definition) is 5. The number of esters is 2. The summed E-state index contributed by atoms with van der Waals surface area (Å²) in [7, 11) is 0. The molecular weight excluding hydrogens is 368 g/mol. The summed E-state index contributed by atoms with van der Waals surface area (Å²) in [5.74, 6) is 2.19. The van der Waals surface area contributed by atoms with Gasteiger partial charge in [0.15, 0.2) is 0 Å². The molecule has 0 N–H and O–H groups in total. The van der Waals surface area contributed by atoms with E-state index in [0.717, 1.165) is 38.5 Å². The molecule has 5 nitrogen and oxygen atoms in total. The smallest absolute Gasteiger partial charge is 0.316 e. The van der Waals surface area contributed by atoms with Crippen molar-refractivity contribution in [2.45, 2.75) is 77.9 Å². The highest BCUT2D eigenvalue weighted by atomic mass is 16.7. The molecule has 0 radical (unpaired) electrons. The topological polar surface area (TPSA) is 69.7 Å². The SMILES string of the molecule is C#C[C@@H]1CC[C@H]2[C@@H]3CCC4C(=O)C(OC(C)=O)(OC(C)=O)CC[C@@H]4[C@H]3CC[C@]12C. The third-order valence-corrected chi connectivity index (χ3v) is 8.71. The van der Waals surface area contributed by atoms with Gasteiger partial charge in [-0.15, -0.1) is 12.3 Å². The zero-order valence-electron chi connectivity index (χ0n) is 17.7. The van der Waals surface area contributed by atoms with Crippen LogP contribution in [0.15, 0.2) is 0 Å². The van der Waals surface area contributed by atoms with Gasteiger partial charge >= 0.3 is 17.7 Å². The lowest BCUT2D eigenvalue weighted by Gasteiger charge is -2.56. The molecule has 7 atom stereocenters. The van der Waals surface area contributed by atoms with Gasteiger partial charge < -0.3 is 9.47 Å². The molecule has 158 valence electrons. The number of Topliss-reactive ketones (excluding diaryl/α,β-unsaturated/α-hetero) is 1. The van der Waals surface area contributed by atoms with Gasteiger partial charge in [-0.05, 0) is 74.0 Å². The van der Waals surface area contributed by atoms with E-state index in [2.05, 4.69) is 12.8 Å². The summed E-state index contributed by atoms with van der Waals surface area (Å²) < 4.78 is 10.7. The van der Waals surface area contributed by atoms with Crippen LogP contribution in [-0.2, 0) is 23.9 Å². The number of terminal acetylenes is 1. The molecule has 0 aromatic carbocycles. The molecule has 4 rings (SSSR count). The van der Waals surface area contributed by atoms with Crippen molar-refractivity contribution in [1.29, 1.82) is 0 Å². The number of rotatable bonds is 2. The van der Waals surface area contributed by atoms with Gasteiger partial charge in [0.1, 0.15) is 0 Å². The highest BCUT2D eigenvalue weighted by Crippen LogP contribution is 2.64. The van der Waals surface area contributed by atoms with Crippen molar-refractivity contribution in [2.75, 3.05) is 0 Å². The average molecular weight is 401 g/mol. The first-order valence-corrected chi connectivity index (χ1v) is 11.1.